The Labute approximate surface area is 119 Å². The third kappa shape index (κ3) is 3.27. The number of carboxylic acids is 1. The second-order valence-electron chi connectivity index (χ2n) is 4.10. The molecule has 0 atom stereocenters. The maximum Gasteiger partial charge on any atom is 0.337 e. The number of carbonyl (C=O) groups excluding carboxylic acids is 1. The summed E-state index contributed by atoms with van der Waals surface area (Å²) in [5.41, 5.74) is 0.167. The Morgan fingerprint density at radius 2 is 2.00 bits per heavy atom. The highest BCUT2D eigenvalue weighted by atomic mass is 16.5. The van der Waals surface area contributed by atoms with Crippen molar-refractivity contribution >= 4 is 17.6 Å². The fourth-order valence-corrected chi connectivity index (χ4v) is 1.65. The van der Waals surface area contributed by atoms with Gasteiger partial charge in [-0.05, 0) is 24.3 Å². The largest absolute Gasteiger partial charge is 0.507 e. The molecule has 2 aromatic rings. The Balaban J connectivity index is 2.25. The lowest BCUT2D eigenvalue weighted by atomic mass is 10.1. The number of aromatic carboxylic acids is 1. The lowest BCUT2D eigenvalue weighted by molar-refractivity contribution is 0.0696. The van der Waals surface area contributed by atoms with Gasteiger partial charge in [0.05, 0.1) is 30.1 Å². The molecular weight excluding hydrogens is 276 g/mol. The summed E-state index contributed by atoms with van der Waals surface area (Å²) in [7, 11) is 1.44. The van der Waals surface area contributed by atoms with E-state index in [9.17, 15) is 14.7 Å². The zero-order valence-corrected chi connectivity index (χ0v) is 11.0. The number of nitrogens with zero attached hydrogens (tertiary/aromatic N) is 1. The van der Waals surface area contributed by atoms with E-state index in [1.807, 2.05) is 0 Å². The highest BCUT2D eigenvalue weighted by molar-refractivity contribution is 6.06. The van der Waals surface area contributed by atoms with Crippen molar-refractivity contribution in [1.82, 2.24) is 4.98 Å². The van der Waals surface area contributed by atoms with Crippen molar-refractivity contribution in [2.45, 2.75) is 0 Å². The lowest BCUT2D eigenvalue weighted by Crippen LogP contribution is -2.13. The van der Waals surface area contributed by atoms with Gasteiger partial charge < -0.3 is 20.3 Å². The molecule has 7 heteroatoms. The van der Waals surface area contributed by atoms with Gasteiger partial charge in [0.2, 0.25) is 0 Å². The molecule has 0 aliphatic rings. The van der Waals surface area contributed by atoms with Crippen LogP contribution in [0.1, 0.15) is 20.7 Å². The Kier molecular flexibility index (Phi) is 4.03. The van der Waals surface area contributed by atoms with Crippen LogP contribution >= 0.6 is 0 Å². The van der Waals surface area contributed by atoms with Crippen LogP contribution in [0.5, 0.6) is 11.5 Å². The summed E-state index contributed by atoms with van der Waals surface area (Å²) >= 11 is 0. The number of aromatic nitrogens is 1. The van der Waals surface area contributed by atoms with Crippen LogP contribution in [0.3, 0.4) is 0 Å². The number of rotatable bonds is 4. The van der Waals surface area contributed by atoms with Crippen LogP contribution in [-0.2, 0) is 0 Å². The molecule has 0 aliphatic heterocycles. The third-order valence-corrected chi connectivity index (χ3v) is 2.69. The minimum absolute atomic E-state index is 0.00933. The number of amides is 1. The molecule has 0 spiro atoms. The van der Waals surface area contributed by atoms with Crippen LogP contribution in [0, 0.1) is 0 Å². The van der Waals surface area contributed by atoms with Crippen LogP contribution in [0.2, 0.25) is 0 Å². The number of nitrogens with one attached hydrogen (secondary N) is 1. The summed E-state index contributed by atoms with van der Waals surface area (Å²) in [5.74, 6) is -1.55. The molecule has 0 aliphatic carbocycles. The number of phenolic OH excluding ortho intramolecular Hbond substituents is 1. The molecule has 3 N–H and O–H groups in total. The highest BCUT2D eigenvalue weighted by Gasteiger charge is 2.14. The van der Waals surface area contributed by atoms with Gasteiger partial charge in [-0.2, -0.15) is 0 Å². The van der Waals surface area contributed by atoms with Gasteiger partial charge in [0.25, 0.3) is 5.91 Å². The summed E-state index contributed by atoms with van der Waals surface area (Å²) in [6, 6.07) is 5.49. The van der Waals surface area contributed by atoms with E-state index in [2.05, 4.69) is 10.3 Å². The minimum Gasteiger partial charge on any atom is -0.507 e. The number of pyridine rings is 1. The van der Waals surface area contributed by atoms with Gasteiger partial charge >= 0.3 is 5.97 Å². The van der Waals surface area contributed by atoms with Gasteiger partial charge in [0, 0.05) is 6.20 Å². The average molecular weight is 288 g/mol. The Morgan fingerprint density at radius 1 is 1.24 bits per heavy atom. The number of aromatic hydroxyl groups is 1. The van der Waals surface area contributed by atoms with Crippen LogP contribution < -0.4 is 10.1 Å². The van der Waals surface area contributed by atoms with E-state index in [0.717, 1.165) is 0 Å². The first-order chi connectivity index (χ1) is 10.0. The molecule has 21 heavy (non-hydrogen) atoms. The summed E-state index contributed by atoms with van der Waals surface area (Å²) in [4.78, 5) is 26.6. The van der Waals surface area contributed by atoms with Crippen molar-refractivity contribution in [3.05, 3.63) is 47.8 Å². The fraction of sp³-hybridized carbons (Fsp3) is 0.0714. The number of hydrogen-bond donors (Lipinski definition) is 3. The molecule has 2 rings (SSSR count). The van der Waals surface area contributed by atoms with Crippen molar-refractivity contribution in [3.63, 3.8) is 0 Å². The van der Waals surface area contributed by atoms with Crippen molar-refractivity contribution in [1.29, 1.82) is 0 Å². The first kappa shape index (κ1) is 14.3. The van der Waals surface area contributed by atoms with Crippen molar-refractivity contribution in [2.75, 3.05) is 12.4 Å². The topological polar surface area (TPSA) is 109 Å². The zero-order valence-electron chi connectivity index (χ0n) is 11.0. The highest BCUT2D eigenvalue weighted by Crippen LogP contribution is 2.23. The van der Waals surface area contributed by atoms with Gasteiger partial charge in [-0.15, -0.1) is 0 Å². The number of carbonyl (C=O) groups is 2. The smallest absolute Gasteiger partial charge is 0.337 e. The van der Waals surface area contributed by atoms with Crippen molar-refractivity contribution in [2.24, 2.45) is 0 Å². The second kappa shape index (κ2) is 5.91. The Morgan fingerprint density at radius 3 is 2.67 bits per heavy atom. The quantitative estimate of drug-likeness (QED) is 0.790. The summed E-state index contributed by atoms with van der Waals surface area (Å²) < 4.78 is 4.98. The second-order valence-corrected chi connectivity index (χ2v) is 4.10. The van der Waals surface area contributed by atoms with Crippen molar-refractivity contribution < 1.29 is 24.5 Å². The first-order valence-electron chi connectivity index (χ1n) is 5.88. The molecule has 1 amide bonds. The number of hydrogen-bond acceptors (Lipinski definition) is 5. The van der Waals surface area contributed by atoms with Gasteiger partial charge in [-0.25, -0.2) is 4.79 Å². The van der Waals surface area contributed by atoms with E-state index in [1.165, 1.54) is 43.8 Å². The van der Waals surface area contributed by atoms with Gasteiger partial charge in [-0.3, -0.25) is 9.78 Å². The maximum atomic E-state index is 12.1. The maximum absolute atomic E-state index is 12.1. The number of carboxylic acid groups (broad SMARTS) is 1. The molecule has 0 bridgehead atoms. The molecule has 7 nitrogen and oxygen atoms in total. The van der Waals surface area contributed by atoms with Crippen LogP contribution in [0.15, 0.2) is 36.7 Å². The molecule has 1 aromatic heterocycles. The van der Waals surface area contributed by atoms with E-state index in [1.54, 1.807) is 0 Å². The fourth-order valence-electron chi connectivity index (χ4n) is 1.65. The third-order valence-electron chi connectivity index (χ3n) is 2.69. The molecule has 1 heterocycles. The molecule has 0 radical (unpaired) electrons. The average Bonchev–Trinajstić information content (AvgIpc) is 2.48. The Hall–Kier alpha value is -3.09. The normalized spacial score (nSPS) is 9.95. The molecule has 0 saturated heterocycles. The number of anilines is 1. The molecule has 0 unspecified atom stereocenters. The summed E-state index contributed by atoms with van der Waals surface area (Å²) in [6.07, 6.45) is 2.47. The predicted molar refractivity (Wildman–Crippen MR) is 73.8 cm³/mol. The van der Waals surface area contributed by atoms with E-state index in [4.69, 9.17) is 9.84 Å². The molecule has 0 saturated carbocycles. The van der Waals surface area contributed by atoms with E-state index >= 15 is 0 Å². The Bertz CT molecular complexity index is 700. The number of ether oxygens (including phenoxy) is 1. The van der Waals surface area contributed by atoms with Crippen LogP contribution in [0.4, 0.5) is 5.69 Å². The zero-order chi connectivity index (χ0) is 15.4. The standard InChI is InChI=1S/C14H12N2O5/c1-21-10-2-3-12(17)11(5-10)13(18)16-9-4-8(14(19)20)6-15-7-9/h2-7,17H,1H3,(H,16,18)(H,19,20). The first-order valence-corrected chi connectivity index (χ1v) is 5.88. The summed E-state index contributed by atoms with van der Waals surface area (Å²) in [5, 5.41) is 21.0. The van der Waals surface area contributed by atoms with Crippen LogP contribution in [0.25, 0.3) is 0 Å². The van der Waals surface area contributed by atoms with E-state index < -0.39 is 11.9 Å². The van der Waals surface area contributed by atoms with E-state index in [-0.39, 0.29) is 22.6 Å². The van der Waals surface area contributed by atoms with Gasteiger partial charge in [0.1, 0.15) is 11.5 Å². The van der Waals surface area contributed by atoms with Gasteiger partial charge in [0.15, 0.2) is 0 Å². The number of benzene rings is 1. The van der Waals surface area contributed by atoms with Gasteiger partial charge in [-0.1, -0.05) is 0 Å². The molecule has 1 aromatic carbocycles. The SMILES string of the molecule is COc1ccc(O)c(C(=O)Nc2cncc(C(=O)O)c2)c1. The molecule has 108 valence electrons. The van der Waals surface area contributed by atoms with E-state index in [0.29, 0.717) is 5.75 Å². The minimum atomic E-state index is -1.15. The lowest BCUT2D eigenvalue weighted by Gasteiger charge is -2.08. The summed E-state index contributed by atoms with van der Waals surface area (Å²) in [6.45, 7) is 0. The van der Waals surface area contributed by atoms with Crippen molar-refractivity contribution in [3.8, 4) is 11.5 Å². The molecule has 0 fully saturated rings. The number of phenols is 1. The van der Waals surface area contributed by atoms with Crippen LogP contribution in [-0.4, -0.2) is 34.2 Å². The molecular formula is C14H12N2O5. The predicted octanol–water partition coefficient (Wildman–Crippen LogP) is 1.75. The number of methoxy groups -OCH3 is 1. The monoisotopic (exact) mass is 288 g/mol.